The molecule has 1 heterocycles. The SMILES string of the molecule is CC1(c2cccc(SC(F)(F)F)c2)CO1. The van der Waals surface area contributed by atoms with Gasteiger partial charge in [-0.05, 0) is 36.4 Å². The Labute approximate surface area is 89.6 Å². The maximum atomic E-state index is 12.1. The van der Waals surface area contributed by atoms with E-state index in [4.69, 9.17) is 4.74 Å². The summed E-state index contributed by atoms with van der Waals surface area (Å²) in [6, 6.07) is 6.39. The Morgan fingerprint density at radius 2 is 2.07 bits per heavy atom. The molecule has 0 aliphatic carbocycles. The first-order chi connectivity index (χ1) is 6.89. The zero-order chi connectivity index (χ0) is 11.1. The van der Waals surface area contributed by atoms with Gasteiger partial charge in [0, 0.05) is 4.90 Å². The molecule has 5 heteroatoms. The summed E-state index contributed by atoms with van der Waals surface area (Å²) in [7, 11) is 0. The fourth-order valence-corrected chi connectivity index (χ4v) is 1.90. The standard InChI is InChI=1S/C10H9F3OS/c1-9(6-14-9)7-3-2-4-8(5-7)15-10(11,12)13/h2-5H,6H2,1H3. The van der Waals surface area contributed by atoms with Crippen LogP contribution < -0.4 is 0 Å². The van der Waals surface area contributed by atoms with Crippen LogP contribution in [0.25, 0.3) is 0 Å². The summed E-state index contributed by atoms with van der Waals surface area (Å²) in [5.74, 6) is 0. The van der Waals surface area contributed by atoms with Crippen LogP contribution in [0, 0.1) is 0 Å². The largest absolute Gasteiger partial charge is 0.446 e. The van der Waals surface area contributed by atoms with Gasteiger partial charge in [-0.15, -0.1) is 0 Å². The van der Waals surface area contributed by atoms with Crippen LogP contribution >= 0.6 is 11.8 Å². The van der Waals surface area contributed by atoms with Crippen molar-refractivity contribution in [3.8, 4) is 0 Å². The third kappa shape index (κ3) is 2.66. The maximum absolute atomic E-state index is 12.1. The topological polar surface area (TPSA) is 12.5 Å². The molecular weight excluding hydrogens is 225 g/mol. The average molecular weight is 234 g/mol. The van der Waals surface area contributed by atoms with Gasteiger partial charge in [-0.3, -0.25) is 0 Å². The molecule has 1 unspecified atom stereocenters. The van der Waals surface area contributed by atoms with Crippen LogP contribution in [0.5, 0.6) is 0 Å². The van der Waals surface area contributed by atoms with Crippen molar-refractivity contribution < 1.29 is 17.9 Å². The molecule has 1 aromatic rings. The van der Waals surface area contributed by atoms with Crippen molar-refractivity contribution >= 4 is 11.8 Å². The van der Waals surface area contributed by atoms with Gasteiger partial charge < -0.3 is 4.74 Å². The number of rotatable bonds is 2. The Balaban J connectivity index is 2.20. The molecular formula is C10H9F3OS. The number of alkyl halides is 3. The Kier molecular flexibility index (Phi) is 2.47. The van der Waals surface area contributed by atoms with E-state index in [9.17, 15) is 13.2 Å². The van der Waals surface area contributed by atoms with Gasteiger partial charge in [0.2, 0.25) is 0 Å². The van der Waals surface area contributed by atoms with Crippen LogP contribution in [0.4, 0.5) is 13.2 Å². The first-order valence-corrected chi connectivity index (χ1v) is 5.21. The molecule has 2 rings (SSSR count). The smallest absolute Gasteiger partial charge is 0.365 e. The molecule has 1 atom stereocenters. The predicted octanol–water partition coefficient (Wildman–Crippen LogP) is 3.54. The van der Waals surface area contributed by atoms with Crippen molar-refractivity contribution in [1.29, 1.82) is 0 Å². The number of hydrogen-bond donors (Lipinski definition) is 0. The van der Waals surface area contributed by atoms with Gasteiger partial charge in [0.1, 0.15) is 5.60 Å². The van der Waals surface area contributed by atoms with Crippen molar-refractivity contribution in [2.24, 2.45) is 0 Å². The molecule has 1 aliphatic rings. The van der Waals surface area contributed by atoms with Crippen molar-refractivity contribution in [1.82, 2.24) is 0 Å². The van der Waals surface area contributed by atoms with Crippen molar-refractivity contribution in [2.45, 2.75) is 22.9 Å². The highest BCUT2D eigenvalue weighted by Gasteiger charge is 2.41. The van der Waals surface area contributed by atoms with E-state index < -0.39 is 5.51 Å². The Morgan fingerprint density at radius 3 is 2.60 bits per heavy atom. The van der Waals surface area contributed by atoms with Crippen LogP contribution in [0.15, 0.2) is 29.2 Å². The zero-order valence-electron chi connectivity index (χ0n) is 7.97. The normalized spacial score (nSPS) is 25.3. The first kappa shape index (κ1) is 10.8. The molecule has 0 amide bonds. The van der Waals surface area contributed by atoms with Gasteiger partial charge >= 0.3 is 5.51 Å². The van der Waals surface area contributed by atoms with Gasteiger partial charge in [0.25, 0.3) is 0 Å². The van der Waals surface area contributed by atoms with E-state index in [2.05, 4.69) is 0 Å². The molecule has 82 valence electrons. The molecule has 0 N–H and O–H groups in total. The second kappa shape index (κ2) is 3.42. The fraction of sp³-hybridized carbons (Fsp3) is 0.400. The number of epoxide rings is 1. The van der Waals surface area contributed by atoms with Gasteiger partial charge in [-0.1, -0.05) is 12.1 Å². The van der Waals surface area contributed by atoms with Gasteiger partial charge in [-0.2, -0.15) is 13.2 Å². The van der Waals surface area contributed by atoms with E-state index in [0.717, 1.165) is 5.56 Å². The van der Waals surface area contributed by atoms with E-state index in [1.807, 2.05) is 6.92 Å². The lowest BCUT2D eigenvalue weighted by Crippen LogP contribution is -2.03. The molecule has 15 heavy (non-hydrogen) atoms. The van der Waals surface area contributed by atoms with Crippen LogP contribution in [0.1, 0.15) is 12.5 Å². The van der Waals surface area contributed by atoms with E-state index in [-0.39, 0.29) is 22.3 Å². The summed E-state index contributed by atoms with van der Waals surface area (Å²) >= 11 is -0.0968. The second-order valence-electron chi connectivity index (χ2n) is 3.60. The summed E-state index contributed by atoms with van der Waals surface area (Å²) in [4.78, 5) is 0.205. The van der Waals surface area contributed by atoms with E-state index in [1.165, 1.54) is 12.1 Å². The van der Waals surface area contributed by atoms with E-state index in [1.54, 1.807) is 12.1 Å². The average Bonchev–Trinajstić information content (AvgIpc) is 2.82. The molecule has 1 saturated heterocycles. The molecule has 0 aromatic heterocycles. The minimum Gasteiger partial charge on any atom is -0.365 e. The van der Waals surface area contributed by atoms with Gasteiger partial charge in [0.05, 0.1) is 6.61 Å². The Hall–Kier alpha value is -0.680. The maximum Gasteiger partial charge on any atom is 0.446 e. The Morgan fingerprint density at radius 1 is 1.40 bits per heavy atom. The third-order valence-corrected chi connectivity index (χ3v) is 2.98. The summed E-state index contributed by atoms with van der Waals surface area (Å²) in [5, 5.41) is 0. The predicted molar refractivity (Wildman–Crippen MR) is 51.7 cm³/mol. The molecule has 0 bridgehead atoms. The third-order valence-electron chi connectivity index (χ3n) is 2.26. The lowest BCUT2D eigenvalue weighted by atomic mass is 10.0. The van der Waals surface area contributed by atoms with Crippen molar-refractivity contribution in [3.63, 3.8) is 0 Å². The number of thioether (sulfide) groups is 1. The summed E-state index contributed by atoms with van der Waals surface area (Å²) in [5.41, 5.74) is -3.80. The lowest BCUT2D eigenvalue weighted by molar-refractivity contribution is -0.0328. The summed E-state index contributed by atoms with van der Waals surface area (Å²) in [6.07, 6.45) is 0. The highest BCUT2D eigenvalue weighted by Crippen LogP contribution is 2.42. The second-order valence-corrected chi connectivity index (χ2v) is 4.73. The van der Waals surface area contributed by atoms with Crippen LogP contribution in [-0.2, 0) is 10.3 Å². The minimum atomic E-state index is -4.23. The van der Waals surface area contributed by atoms with Crippen LogP contribution in [-0.4, -0.2) is 12.1 Å². The minimum absolute atomic E-state index is 0.0968. The van der Waals surface area contributed by atoms with E-state index in [0.29, 0.717) is 6.61 Å². The summed E-state index contributed by atoms with van der Waals surface area (Å²) < 4.78 is 41.5. The molecule has 0 spiro atoms. The molecule has 1 fully saturated rings. The first-order valence-electron chi connectivity index (χ1n) is 4.39. The van der Waals surface area contributed by atoms with Crippen LogP contribution in [0.2, 0.25) is 0 Å². The highest BCUT2D eigenvalue weighted by atomic mass is 32.2. The van der Waals surface area contributed by atoms with Crippen molar-refractivity contribution in [2.75, 3.05) is 6.61 Å². The lowest BCUT2D eigenvalue weighted by Gasteiger charge is -2.09. The molecule has 0 radical (unpaired) electrons. The number of benzene rings is 1. The highest BCUT2D eigenvalue weighted by molar-refractivity contribution is 8.00. The number of ether oxygens (including phenoxy) is 1. The molecule has 1 aromatic carbocycles. The Bertz CT molecular complexity index is 371. The zero-order valence-corrected chi connectivity index (χ0v) is 8.78. The van der Waals surface area contributed by atoms with Crippen molar-refractivity contribution in [3.05, 3.63) is 29.8 Å². The van der Waals surface area contributed by atoms with Gasteiger partial charge in [-0.25, -0.2) is 0 Å². The van der Waals surface area contributed by atoms with Crippen LogP contribution in [0.3, 0.4) is 0 Å². The fourth-order valence-electron chi connectivity index (χ4n) is 1.30. The monoisotopic (exact) mass is 234 g/mol. The molecule has 1 aliphatic heterocycles. The van der Waals surface area contributed by atoms with E-state index >= 15 is 0 Å². The number of hydrogen-bond acceptors (Lipinski definition) is 2. The number of halogens is 3. The quantitative estimate of drug-likeness (QED) is 0.573. The summed E-state index contributed by atoms with van der Waals surface area (Å²) in [6.45, 7) is 2.44. The van der Waals surface area contributed by atoms with Gasteiger partial charge in [0.15, 0.2) is 0 Å². The molecule has 0 saturated carbocycles. The molecule has 1 nitrogen and oxygen atoms in total.